The summed E-state index contributed by atoms with van der Waals surface area (Å²) in [6, 6.07) is 18.0. The third-order valence-corrected chi connectivity index (χ3v) is 4.09. The zero-order valence-corrected chi connectivity index (χ0v) is 16.7. The number of rotatable bonds is 8. The number of para-hydroxylation sites is 2. The molecule has 2 amide bonds. The smallest absolute Gasteiger partial charge is 0.262 e. The lowest BCUT2D eigenvalue weighted by molar-refractivity contribution is -0.118. The van der Waals surface area contributed by atoms with Crippen molar-refractivity contribution >= 4 is 23.2 Å². The zero-order valence-electron chi connectivity index (χ0n) is 16.7. The van der Waals surface area contributed by atoms with Crippen LogP contribution in [-0.4, -0.2) is 18.4 Å². The van der Waals surface area contributed by atoms with Crippen LogP contribution in [0.25, 0.3) is 0 Å². The highest BCUT2D eigenvalue weighted by Gasteiger charge is 2.14. The summed E-state index contributed by atoms with van der Waals surface area (Å²) in [5, 5.41) is 4.75. The van der Waals surface area contributed by atoms with E-state index in [1.807, 2.05) is 30.3 Å². The molecule has 6 nitrogen and oxygen atoms in total. The van der Waals surface area contributed by atoms with Gasteiger partial charge < -0.3 is 20.1 Å². The van der Waals surface area contributed by atoms with E-state index in [1.165, 1.54) is 6.92 Å². The van der Waals surface area contributed by atoms with E-state index in [0.29, 0.717) is 18.1 Å². The van der Waals surface area contributed by atoms with E-state index in [-0.39, 0.29) is 11.4 Å². The van der Waals surface area contributed by atoms with Crippen LogP contribution < -0.4 is 20.1 Å². The molecule has 0 unspecified atom stereocenters. The van der Waals surface area contributed by atoms with Gasteiger partial charge in [0.2, 0.25) is 5.91 Å². The second-order valence-electron chi connectivity index (χ2n) is 6.55. The third kappa shape index (κ3) is 6.27. The van der Waals surface area contributed by atoms with Gasteiger partial charge in [0, 0.05) is 19.1 Å². The Morgan fingerprint density at radius 2 is 1.35 bits per heavy atom. The van der Waals surface area contributed by atoms with Gasteiger partial charge in [-0.25, -0.2) is 8.78 Å². The van der Waals surface area contributed by atoms with Crippen molar-refractivity contribution in [2.75, 3.05) is 17.2 Å². The number of amides is 2. The predicted molar refractivity (Wildman–Crippen MR) is 112 cm³/mol. The first kappa shape index (κ1) is 21.8. The Balaban J connectivity index is 1.64. The van der Waals surface area contributed by atoms with E-state index in [4.69, 9.17) is 9.47 Å². The number of ether oxygens (including phenoxy) is 2. The molecule has 0 aliphatic carbocycles. The topological polar surface area (TPSA) is 76.7 Å². The summed E-state index contributed by atoms with van der Waals surface area (Å²) in [6.45, 7) is 1.12. The maximum Gasteiger partial charge on any atom is 0.262 e. The summed E-state index contributed by atoms with van der Waals surface area (Å²) in [5.41, 5.74) is 0.821. The first-order valence-corrected chi connectivity index (χ1v) is 9.37. The molecule has 3 rings (SSSR count). The monoisotopic (exact) mass is 426 g/mol. The van der Waals surface area contributed by atoms with Gasteiger partial charge in [0.15, 0.2) is 29.7 Å². The molecular formula is C23H20F2N2O4. The van der Waals surface area contributed by atoms with Crippen molar-refractivity contribution in [2.45, 2.75) is 13.5 Å². The van der Waals surface area contributed by atoms with E-state index in [1.54, 1.807) is 24.3 Å². The molecule has 0 aliphatic heterocycles. The summed E-state index contributed by atoms with van der Waals surface area (Å²) in [4.78, 5) is 23.6. The average Bonchev–Trinajstić information content (AvgIpc) is 2.75. The Hall–Kier alpha value is -3.94. The van der Waals surface area contributed by atoms with Gasteiger partial charge >= 0.3 is 0 Å². The number of benzene rings is 3. The summed E-state index contributed by atoms with van der Waals surface area (Å²) in [6.07, 6.45) is 0. The van der Waals surface area contributed by atoms with E-state index in [2.05, 4.69) is 10.6 Å². The molecule has 0 radical (unpaired) electrons. The number of hydrogen-bond acceptors (Lipinski definition) is 4. The lowest BCUT2D eigenvalue weighted by Crippen LogP contribution is -2.22. The van der Waals surface area contributed by atoms with E-state index >= 15 is 0 Å². The van der Waals surface area contributed by atoms with Crippen LogP contribution in [0, 0.1) is 11.6 Å². The van der Waals surface area contributed by atoms with Gasteiger partial charge in [0.1, 0.15) is 6.61 Å². The second kappa shape index (κ2) is 10.2. The number of halogens is 2. The molecule has 31 heavy (non-hydrogen) atoms. The van der Waals surface area contributed by atoms with Gasteiger partial charge in [0.25, 0.3) is 5.91 Å². The van der Waals surface area contributed by atoms with Crippen molar-refractivity contribution in [1.82, 2.24) is 0 Å². The molecule has 2 N–H and O–H groups in total. The van der Waals surface area contributed by atoms with Gasteiger partial charge in [-0.1, -0.05) is 42.5 Å². The lowest BCUT2D eigenvalue weighted by atomic mass is 10.2. The maximum atomic E-state index is 13.6. The van der Waals surface area contributed by atoms with Gasteiger partial charge in [-0.15, -0.1) is 0 Å². The minimum atomic E-state index is -1.16. The van der Waals surface area contributed by atoms with Crippen LogP contribution in [0.4, 0.5) is 20.2 Å². The highest BCUT2D eigenvalue weighted by Crippen LogP contribution is 2.28. The molecule has 0 fully saturated rings. The van der Waals surface area contributed by atoms with Crippen LogP contribution in [0.2, 0.25) is 0 Å². The first-order chi connectivity index (χ1) is 14.9. The number of anilines is 2. The summed E-state index contributed by atoms with van der Waals surface area (Å²) >= 11 is 0. The fourth-order valence-corrected chi connectivity index (χ4v) is 2.70. The largest absolute Gasteiger partial charge is 0.485 e. The molecule has 0 aromatic heterocycles. The molecule has 0 spiro atoms. The van der Waals surface area contributed by atoms with Crippen molar-refractivity contribution in [2.24, 2.45) is 0 Å². The first-order valence-electron chi connectivity index (χ1n) is 9.37. The highest BCUT2D eigenvalue weighted by molar-refractivity contribution is 5.99. The minimum Gasteiger partial charge on any atom is -0.485 e. The number of carbonyl (C=O) groups excluding carboxylic acids is 2. The van der Waals surface area contributed by atoms with Gasteiger partial charge in [-0.05, 0) is 17.7 Å². The van der Waals surface area contributed by atoms with E-state index < -0.39 is 30.1 Å². The van der Waals surface area contributed by atoms with Gasteiger partial charge in [-0.2, -0.15) is 0 Å². The molecule has 0 saturated carbocycles. The summed E-state index contributed by atoms with van der Waals surface area (Å²) in [7, 11) is 0. The molecule has 160 valence electrons. The van der Waals surface area contributed by atoms with E-state index in [0.717, 1.165) is 17.7 Å². The predicted octanol–water partition coefficient (Wildman–Crippen LogP) is 4.52. The Kier molecular flexibility index (Phi) is 7.16. The van der Waals surface area contributed by atoms with Crippen LogP contribution in [0.3, 0.4) is 0 Å². The fraction of sp³-hybridized carbons (Fsp3) is 0.130. The molecule has 3 aromatic carbocycles. The van der Waals surface area contributed by atoms with Crippen LogP contribution in [-0.2, 0) is 16.2 Å². The highest BCUT2D eigenvalue weighted by atomic mass is 19.2. The Labute approximate surface area is 177 Å². The second-order valence-corrected chi connectivity index (χ2v) is 6.55. The molecule has 0 atom stereocenters. The fourth-order valence-electron chi connectivity index (χ4n) is 2.70. The van der Waals surface area contributed by atoms with Crippen LogP contribution >= 0.6 is 0 Å². The maximum absolute atomic E-state index is 13.6. The van der Waals surface area contributed by atoms with Crippen LogP contribution in [0.1, 0.15) is 12.5 Å². The van der Waals surface area contributed by atoms with Crippen molar-refractivity contribution < 1.29 is 27.8 Å². The van der Waals surface area contributed by atoms with Crippen molar-refractivity contribution in [3.63, 3.8) is 0 Å². The van der Waals surface area contributed by atoms with Gasteiger partial charge in [0.05, 0.1) is 11.4 Å². The van der Waals surface area contributed by atoms with Crippen LogP contribution in [0.15, 0.2) is 66.7 Å². The van der Waals surface area contributed by atoms with Crippen molar-refractivity contribution in [1.29, 1.82) is 0 Å². The van der Waals surface area contributed by atoms with Gasteiger partial charge in [-0.3, -0.25) is 9.59 Å². The molecule has 0 heterocycles. The SMILES string of the molecule is CC(=O)Nc1cc(F)c(F)cc1NC(=O)COc1ccccc1OCc1ccccc1. The van der Waals surface area contributed by atoms with E-state index in [9.17, 15) is 18.4 Å². The molecule has 8 heteroatoms. The molecular weight excluding hydrogens is 406 g/mol. The standard InChI is InChI=1S/C23H20F2N2O4/c1-15(28)26-19-11-17(24)18(25)12-20(19)27-23(29)14-31-22-10-6-5-9-21(22)30-13-16-7-3-2-4-8-16/h2-12H,13-14H2,1H3,(H,26,28)(H,27,29). The normalized spacial score (nSPS) is 10.3. The number of nitrogens with one attached hydrogen (secondary N) is 2. The summed E-state index contributed by atoms with van der Waals surface area (Å²) < 4.78 is 38.4. The Morgan fingerprint density at radius 1 is 0.806 bits per heavy atom. The lowest BCUT2D eigenvalue weighted by Gasteiger charge is -2.14. The Bertz CT molecular complexity index is 1070. The molecule has 3 aromatic rings. The molecule has 0 bridgehead atoms. The molecule has 0 saturated heterocycles. The summed E-state index contributed by atoms with van der Waals surface area (Å²) in [5.74, 6) is -2.64. The minimum absolute atomic E-state index is 0.0636. The van der Waals surface area contributed by atoms with Crippen molar-refractivity contribution in [3.05, 3.63) is 83.9 Å². The van der Waals surface area contributed by atoms with Crippen LogP contribution in [0.5, 0.6) is 11.5 Å². The third-order valence-electron chi connectivity index (χ3n) is 4.09. The molecule has 0 aliphatic rings. The number of carbonyl (C=O) groups is 2. The average molecular weight is 426 g/mol. The zero-order chi connectivity index (χ0) is 22.2. The van der Waals surface area contributed by atoms with Crippen molar-refractivity contribution in [3.8, 4) is 11.5 Å². The Morgan fingerprint density at radius 3 is 1.97 bits per heavy atom. The quantitative estimate of drug-likeness (QED) is 0.555. The number of hydrogen-bond donors (Lipinski definition) is 2.